The molecule has 0 radical (unpaired) electrons. The molecule has 0 aliphatic heterocycles. The van der Waals surface area contributed by atoms with Crippen LogP contribution >= 0.6 is 11.8 Å². The van der Waals surface area contributed by atoms with Crippen LogP contribution in [0, 0.1) is 0 Å². The van der Waals surface area contributed by atoms with Gasteiger partial charge in [0.05, 0.1) is 18.1 Å². The molecule has 2 rings (SSSR count). The average Bonchev–Trinajstić information content (AvgIpc) is 3.00. The molecule has 2 N–H and O–H groups in total. The van der Waals surface area contributed by atoms with Gasteiger partial charge in [-0.1, -0.05) is 24.8 Å². The summed E-state index contributed by atoms with van der Waals surface area (Å²) in [5.74, 6) is 0.837. The summed E-state index contributed by atoms with van der Waals surface area (Å²) in [7, 11) is 0. The highest BCUT2D eigenvalue weighted by Gasteiger charge is 2.12. The number of carbonyl (C=O) groups is 1. The third-order valence-electron chi connectivity index (χ3n) is 3.42. The molecular weight excluding hydrogens is 324 g/mol. The number of anilines is 1. The van der Waals surface area contributed by atoms with Crippen LogP contribution in [-0.2, 0) is 11.3 Å². The minimum absolute atomic E-state index is 0.0242. The molecule has 0 spiro atoms. The standard InChI is InChI=1S/C16H24N6OS/c1-4-6-7-13(23)17-9-10-22-15-12(11-19-22)14(18-8-5-2)20-16(21-15)24-3/h4,11H,1,5-10H2,2-3H3,(H,17,23)(H,18,20,21). The van der Waals surface area contributed by atoms with E-state index in [0.29, 0.717) is 31.1 Å². The van der Waals surface area contributed by atoms with E-state index >= 15 is 0 Å². The first kappa shape index (κ1) is 18.3. The fourth-order valence-corrected chi connectivity index (χ4v) is 2.55. The normalized spacial score (nSPS) is 10.8. The van der Waals surface area contributed by atoms with E-state index in [-0.39, 0.29) is 5.91 Å². The smallest absolute Gasteiger partial charge is 0.220 e. The van der Waals surface area contributed by atoms with Crippen molar-refractivity contribution in [3.63, 3.8) is 0 Å². The molecule has 0 aliphatic carbocycles. The highest BCUT2D eigenvalue weighted by atomic mass is 32.2. The van der Waals surface area contributed by atoms with Crippen molar-refractivity contribution in [3.8, 4) is 0 Å². The van der Waals surface area contributed by atoms with Gasteiger partial charge in [-0.25, -0.2) is 14.6 Å². The molecule has 0 atom stereocenters. The Bertz CT molecular complexity index is 699. The summed E-state index contributed by atoms with van der Waals surface area (Å²) in [5, 5.41) is 12.2. The van der Waals surface area contributed by atoms with Gasteiger partial charge in [0.1, 0.15) is 5.82 Å². The van der Waals surface area contributed by atoms with Crippen LogP contribution in [0.4, 0.5) is 5.82 Å². The predicted octanol–water partition coefficient (Wildman–Crippen LogP) is 2.45. The summed E-state index contributed by atoms with van der Waals surface area (Å²) in [4.78, 5) is 20.7. The van der Waals surface area contributed by atoms with Gasteiger partial charge in [0.2, 0.25) is 5.91 Å². The van der Waals surface area contributed by atoms with Gasteiger partial charge in [0.25, 0.3) is 0 Å². The third-order valence-corrected chi connectivity index (χ3v) is 3.97. The first-order valence-electron chi connectivity index (χ1n) is 8.08. The number of aromatic nitrogens is 4. The zero-order valence-electron chi connectivity index (χ0n) is 14.2. The number of amides is 1. The molecule has 7 nitrogen and oxygen atoms in total. The Kier molecular flexibility index (Phi) is 7.05. The van der Waals surface area contributed by atoms with E-state index in [1.54, 1.807) is 12.3 Å². The van der Waals surface area contributed by atoms with Gasteiger partial charge < -0.3 is 10.6 Å². The van der Waals surface area contributed by atoms with Gasteiger partial charge >= 0.3 is 0 Å². The van der Waals surface area contributed by atoms with Gasteiger partial charge in [0, 0.05) is 19.5 Å². The molecular formula is C16H24N6OS. The van der Waals surface area contributed by atoms with E-state index in [1.165, 1.54) is 11.8 Å². The van der Waals surface area contributed by atoms with Gasteiger partial charge in [-0.15, -0.1) is 6.58 Å². The van der Waals surface area contributed by atoms with Crippen molar-refractivity contribution in [2.45, 2.75) is 37.9 Å². The number of allylic oxidation sites excluding steroid dienone is 1. The second kappa shape index (κ2) is 9.27. The number of nitrogens with zero attached hydrogens (tertiary/aromatic N) is 4. The van der Waals surface area contributed by atoms with E-state index in [2.05, 4.69) is 39.2 Å². The Labute approximate surface area is 146 Å². The fraction of sp³-hybridized carbons (Fsp3) is 0.500. The van der Waals surface area contributed by atoms with Crippen LogP contribution in [0.1, 0.15) is 26.2 Å². The number of nitrogens with one attached hydrogen (secondary N) is 2. The first-order valence-corrected chi connectivity index (χ1v) is 9.31. The van der Waals surface area contributed by atoms with Crippen LogP contribution in [-0.4, -0.2) is 45.0 Å². The third kappa shape index (κ3) is 4.70. The van der Waals surface area contributed by atoms with Crippen molar-refractivity contribution >= 4 is 34.5 Å². The molecule has 0 unspecified atom stereocenters. The molecule has 130 valence electrons. The van der Waals surface area contributed by atoms with Crippen LogP contribution in [0.5, 0.6) is 0 Å². The summed E-state index contributed by atoms with van der Waals surface area (Å²) < 4.78 is 1.81. The van der Waals surface area contributed by atoms with Crippen molar-refractivity contribution in [2.24, 2.45) is 0 Å². The molecule has 0 aliphatic rings. The SMILES string of the molecule is C=CCCC(=O)NCCn1ncc2c(NCCC)nc(SC)nc21. The van der Waals surface area contributed by atoms with Gasteiger partial charge in [-0.2, -0.15) is 5.10 Å². The molecule has 8 heteroatoms. The van der Waals surface area contributed by atoms with Crippen molar-refractivity contribution in [2.75, 3.05) is 24.7 Å². The van der Waals surface area contributed by atoms with Crippen molar-refractivity contribution < 1.29 is 4.79 Å². The predicted molar refractivity (Wildman–Crippen MR) is 98.3 cm³/mol. The second-order valence-corrected chi connectivity index (χ2v) is 6.04. The lowest BCUT2D eigenvalue weighted by Crippen LogP contribution is -2.27. The molecule has 0 fully saturated rings. The summed E-state index contributed by atoms with van der Waals surface area (Å²) in [6, 6.07) is 0. The Morgan fingerprint density at radius 3 is 2.96 bits per heavy atom. The minimum atomic E-state index is 0.0242. The monoisotopic (exact) mass is 348 g/mol. The fourth-order valence-electron chi connectivity index (χ4n) is 2.19. The van der Waals surface area contributed by atoms with Gasteiger partial charge in [0.15, 0.2) is 10.8 Å². The van der Waals surface area contributed by atoms with Crippen molar-refractivity contribution in [3.05, 3.63) is 18.9 Å². The van der Waals surface area contributed by atoms with Crippen LogP contribution in [0.2, 0.25) is 0 Å². The molecule has 1 amide bonds. The van der Waals surface area contributed by atoms with Crippen LogP contribution in [0.25, 0.3) is 11.0 Å². The topological polar surface area (TPSA) is 84.7 Å². The van der Waals surface area contributed by atoms with E-state index in [4.69, 9.17) is 0 Å². The first-order chi connectivity index (χ1) is 11.7. The van der Waals surface area contributed by atoms with E-state index in [0.717, 1.165) is 29.8 Å². The minimum Gasteiger partial charge on any atom is -0.369 e. The van der Waals surface area contributed by atoms with Gasteiger partial charge in [-0.3, -0.25) is 4.79 Å². The summed E-state index contributed by atoms with van der Waals surface area (Å²) >= 11 is 1.50. The zero-order valence-corrected chi connectivity index (χ0v) is 15.0. The highest BCUT2D eigenvalue weighted by Crippen LogP contribution is 2.23. The number of rotatable bonds is 10. The lowest BCUT2D eigenvalue weighted by molar-refractivity contribution is -0.121. The summed E-state index contributed by atoms with van der Waals surface area (Å²) in [6.45, 7) is 7.67. The number of hydrogen-bond acceptors (Lipinski definition) is 6. The maximum absolute atomic E-state index is 11.6. The maximum atomic E-state index is 11.6. The molecule has 24 heavy (non-hydrogen) atoms. The number of hydrogen-bond donors (Lipinski definition) is 2. The summed E-state index contributed by atoms with van der Waals surface area (Å²) in [5.41, 5.74) is 0.785. The molecule has 2 aromatic rings. The molecule has 0 saturated carbocycles. The highest BCUT2D eigenvalue weighted by molar-refractivity contribution is 7.98. The molecule has 0 aromatic carbocycles. The molecule has 0 bridgehead atoms. The Balaban J connectivity index is 2.10. The average molecular weight is 348 g/mol. The number of carbonyl (C=O) groups excluding carboxylic acids is 1. The largest absolute Gasteiger partial charge is 0.369 e. The van der Waals surface area contributed by atoms with Crippen LogP contribution in [0.3, 0.4) is 0 Å². The Hall–Kier alpha value is -2.09. The second-order valence-electron chi connectivity index (χ2n) is 5.27. The quantitative estimate of drug-likeness (QED) is 0.390. The van der Waals surface area contributed by atoms with Gasteiger partial charge in [-0.05, 0) is 19.1 Å². The van der Waals surface area contributed by atoms with E-state index in [1.807, 2.05) is 10.9 Å². The number of fused-ring (bicyclic) bond motifs is 1. The Morgan fingerprint density at radius 2 is 2.25 bits per heavy atom. The van der Waals surface area contributed by atoms with Crippen molar-refractivity contribution in [1.29, 1.82) is 0 Å². The molecule has 2 heterocycles. The van der Waals surface area contributed by atoms with E-state index < -0.39 is 0 Å². The van der Waals surface area contributed by atoms with Crippen LogP contribution < -0.4 is 10.6 Å². The lowest BCUT2D eigenvalue weighted by atomic mass is 10.3. The van der Waals surface area contributed by atoms with E-state index in [9.17, 15) is 4.79 Å². The lowest BCUT2D eigenvalue weighted by Gasteiger charge is -2.08. The molecule has 2 aromatic heterocycles. The molecule has 0 saturated heterocycles. The summed E-state index contributed by atoms with van der Waals surface area (Å²) in [6.07, 6.45) is 7.64. The maximum Gasteiger partial charge on any atom is 0.220 e. The Morgan fingerprint density at radius 1 is 1.42 bits per heavy atom. The van der Waals surface area contributed by atoms with Crippen LogP contribution in [0.15, 0.2) is 24.0 Å². The zero-order chi connectivity index (χ0) is 17.4. The van der Waals surface area contributed by atoms with Crippen molar-refractivity contribution in [1.82, 2.24) is 25.1 Å². The number of thioether (sulfide) groups is 1.